The van der Waals surface area contributed by atoms with Crippen LogP contribution in [0, 0.1) is 0 Å². The van der Waals surface area contributed by atoms with E-state index < -0.39 is 0 Å². The summed E-state index contributed by atoms with van der Waals surface area (Å²) in [6, 6.07) is 8.38. The molecule has 1 aromatic carbocycles. The van der Waals surface area contributed by atoms with Crippen molar-refractivity contribution in [3.05, 3.63) is 29.8 Å². The number of nitrogens with two attached hydrogens (primary N) is 1. The summed E-state index contributed by atoms with van der Waals surface area (Å²) < 4.78 is 5.78. The second-order valence-electron chi connectivity index (χ2n) is 5.91. The van der Waals surface area contributed by atoms with Crippen LogP contribution in [0.25, 0.3) is 0 Å². The molecule has 0 amide bonds. The number of hydrogen-bond donors (Lipinski definition) is 1. The van der Waals surface area contributed by atoms with Crippen LogP contribution in [0.5, 0.6) is 5.75 Å². The van der Waals surface area contributed by atoms with Crippen molar-refractivity contribution in [3.63, 3.8) is 0 Å². The lowest BCUT2D eigenvalue weighted by atomic mass is 10.1. The van der Waals surface area contributed by atoms with Crippen LogP contribution in [-0.4, -0.2) is 6.61 Å². The third-order valence-electron chi connectivity index (χ3n) is 4.01. The molecule has 0 aliphatic carbocycles. The Morgan fingerprint density at radius 1 is 0.857 bits per heavy atom. The zero-order valence-corrected chi connectivity index (χ0v) is 13.9. The first-order valence-corrected chi connectivity index (χ1v) is 8.76. The van der Waals surface area contributed by atoms with Crippen molar-refractivity contribution in [2.45, 2.75) is 77.7 Å². The lowest BCUT2D eigenvalue weighted by molar-refractivity contribution is 0.304. The summed E-state index contributed by atoms with van der Waals surface area (Å²) in [6.45, 7) is 5.20. The number of rotatable bonds is 12. The second kappa shape index (κ2) is 11.6. The quantitative estimate of drug-likeness (QED) is 0.507. The van der Waals surface area contributed by atoms with E-state index in [1.807, 2.05) is 12.1 Å². The first-order valence-electron chi connectivity index (χ1n) is 8.76. The number of ether oxygens (including phenoxy) is 1. The van der Waals surface area contributed by atoms with E-state index in [2.05, 4.69) is 26.0 Å². The number of benzene rings is 1. The summed E-state index contributed by atoms with van der Waals surface area (Å²) in [4.78, 5) is 0. The molecule has 0 spiro atoms. The SMILES string of the molecule is CCCCCCCCCCOc1ccc(C(N)CC)cc1. The fourth-order valence-electron chi connectivity index (χ4n) is 2.47. The van der Waals surface area contributed by atoms with Crippen LogP contribution < -0.4 is 10.5 Å². The molecule has 21 heavy (non-hydrogen) atoms. The molecule has 0 bridgehead atoms. The third kappa shape index (κ3) is 8.11. The van der Waals surface area contributed by atoms with Crippen LogP contribution in [0.3, 0.4) is 0 Å². The summed E-state index contributed by atoms with van der Waals surface area (Å²) in [5.74, 6) is 0.963. The Hall–Kier alpha value is -1.02. The van der Waals surface area contributed by atoms with Gasteiger partial charge in [0.25, 0.3) is 0 Å². The zero-order chi connectivity index (χ0) is 15.3. The smallest absolute Gasteiger partial charge is 0.119 e. The monoisotopic (exact) mass is 291 g/mol. The van der Waals surface area contributed by atoms with Crippen LogP contribution in [0.2, 0.25) is 0 Å². The predicted octanol–water partition coefficient (Wildman–Crippen LogP) is 5.62. The van der Waals surface area contributed by atoms with Gasteiger partial charge in [0.1, 0.15) is 5.75 Å². The van der Waals surface area contributed by atoms with Crippen LogP contribution in [-0.2, 0) is 0 Å². The van der Waals surface area contributed by atoms with Gasteiger partial charge in [0.2, 0.25) is 0 Å². The molecule has 1 aromatic rings. The minimum absolute atomic E-state index is 0.145. The maximum atomic E-state index is 6.00. The predicted molar refractivity (Wildman–Crippen MR) is 91.8 cm³/mol. The summed E-state index contributed by atoms with van der Waals surface area (Å²) in [5, 5.41) is 0. The summed E-state index contributed by atoms with van der Waals surface area (Å²) >= 11 is 0. The fourth-order valence-corrected chi connectivity index (χ4v) is 2.47. The van der Waals surface area contributed by atoms with Crippen LogP contribution in [0.1, 0.15) is 83.2 Å². The number of unbranched alkanes of at least 4 members (excludes halogenated alkanes) is 7. The van der Waals surface area contributed by atoms with Gasteiger partial charge in [0.15, 0.2) is 0 Å². The van der Waals surface area contributed by atoms with Crippen molar-refractivity contribution in [2.75, 3.05) is 6.61 Å². The highest BCUT2D eigenvalue weighted by Gasteiger charge is 2.02. The van der Waals surface area contributed by atoms with Crippen LogP contribution >= 0.6 is 0 Å². The van der Waals surface area contributed by atoms with E-state index in [9.17, 15) is 0 Å². The Labute approximate surface area is 131 Å². The van der Waals surface area contributed by atoms with E-state index in [-0.39, 0.29) is 6.04 Å². The molecule has 2 nitrogen and oxygen atoms in total. The molecule has 1 atom stereocenters. The normalized spacial score (nSPS) is 12.3. The largest absolute Gasteiger partial charge is 0.494 e. The second-order valence-corrected chi connectivity index (χ2v) is 5.91. The van der Waals surface area contributed by atoms with Crippen molar-refractivity contribution in [1.29, 1.82) is 0 Å². The summed E-state index contributed by atoms with van der Waals surface area (Å²) in [7, 11) is 0. The highest BCUT2D eigenvalue weighted by atomic mass is 16.5. The van der Waals surface area contributed by atoms with E-state index >= 15 is 0 Å². The molecular formula is C19H33NO. The summed E-state index contributed by atoms with van der Waals surface area (Å²) in [6.07, 6.45) is 11.7. The van der Waals surface area contributed by atoms with Gasteiger partial charge in [-0.05, 0) is 30.5 Å². The van der Waals surface area contributed by atoms with Gasteiger partial charge >= 0.3 is 0 Å². The van der Waals surface area contributed by atoms with Gasteiger partial charge in [-0.25, -0.2) is 0 Å². The number of hydrogen-bond acceptors (Lipinski definition) is 2. The zero-order valence-electron chi connectivity index (χ0n) is 13.9. The van der Waals surface area contributed by atoms with Gasteiger partial charge in [-0.1, -0.05) is 70.9 Å². The van der Waals surface area contributed by atoms with Gasteiger partial charge in [-0.15, -0.1) is 0 Å². The molecule has 0 aliphatic heterocycles. The van der Waals surface area contributed by atoms with Crippen molar-refractivity contribution in [3.8, 4) is 5.75 Å². The fraction of sp³-hybridized carbons (Fsp3) is 0.684. The molecule has 0 radical (unpaired) electrons. The minimum atomic E-state index is 0.145. The van der Waals surface area contributed by atoms with E-state index in [1.165, 1.54) is 50.5 Å². The van der Waals surface area contributed by atoms with Crippen molar-refractivity contribution < 1.29 is 4.74 Å². The van der Waals surface area contributed by atoms with Crippen molar-refractivity contribution >= 4 is 0 Å². The Bertz CT molecular complexity index is 347. The standard InChI is InChI=1S/C19H33NO/c1-3-5-6-7-8-9-10-11-16-21-18-14-12-17(13-15-18)19(20)4-2/h12-15,19H,3-11,16,20H2,1-2H3. The first kappa shape index (κ1) is 18.0. The Morgan fingerprint density at radius 2 is 1.43 bits per heavy atom. The van der Waals surface area contributed by atoms with E-state index in [1.54, 1.807) is 0 Å². The topological polar surface area (TPSA) is 35.2 Å². The van der Waals surface area contributed by atoms with Gasteiger partial charge in [-0.3, -0.25) is 0 Å². The molecule has 1 unspecified atom stereocenters. The van der Waals surface area contributed by atoms with Crippen LogP contribution in [0.15, 0.2) is 24.3 Å². The van der Waals surface area contributed by atoms with Crippen molar-refractivity contribution in [1.82, 2.24) is 0 Å². The molecular weight excluding hydrogens is 258 g/mol. The molecule has 0 fully saturated rings. The highest BCUT2D eigenvalue weighted by Crippen LogP contribution is 2.18. The molecule has 0 saturated heterocycles. The Balaban J connectivity index is 2.05. The van der Waals surface area contributed by atoms with Gasteiger partial charge in [0, 0.05) is 6.04 Å². The highest BCUT2D eigenvalue weighted by molar-refractivity contribution is 5.28. The molecule has 2 N–H and O–H groups in total. The van der Waals surface area contributed by atoms with Gasteiger partial charge in [-0.2, -0.15) is 0 Å². The lowest BCUT2D eigenvalue weighted by Gasteiger charge is -2.11. The maximum Gasteiger partial charge on any atom is 0.119 e. The van der Waals surface area contributed by atoms with Crippen LogP contribution in [0.4, 0.5) is 0 Å². The van der Waals surface area contributed by atoms with Gasteiger partial charge < -0.3 is 10.5 Å². The molecule has 120 valence electrons. The first-order chi connectivity index (χ1) is 10.3. The molecule has 0 heterocycles. The molecule has 0 saturated carbocycles. The lowest BCUT2D eigenvalue weighted by Crippen LogP contribution is -2.08. The summed E-state index contributed by atoms with van der Waals surface area (Å²) in [5.41, 5.74) is 7.19. The van der Waals surface area contributed by atoms with Crippen molar-refractivity contribution in [2.24, 2.45) is 5.73 Å². The van der Waals surface area contributed by atoms with E-state index in [0.29, 0.717) is 0 Å². The molecule has 2 heteroatoms. The average molecular weight is 291 g/mol. The maximum absolute atomic E-state index is 6.00. The third-order valence-corrected chi connectivity index (χ3v) is 4.01. The molecule has 0 aromatic heterocycles. The molecule has 0 aliphatic rings. The molecule has 1 rings (SSSR count). The average Bonchev–Trinajstić information content (AvgIpc) is 2.53. The van der Waals surface area contributed by atoms with E-state index in [4.69, 9.17) is 10.5 Å². The minimum Gasteiger partial charge on any atom is -0.494 e. The van der Waals surface area contributed by atoms with E-state index in [0.717, 1.165) is 25.2 Å². The Kier molecular flexibility index (Phi) is 9.98. The van der Waals surface area contributed by atoms with Gasteiger partial charge in [0.05, 0.1) is 6.61 Å². The Morgan fingerprint density at radius 3 is 2.00 bits per heavy atom.